The lowest BCUT2D eigenvalue weighted by molar-refractivity contribution is 0.192. The maximum absolute atomic E-state index is 13.3. The number of amides is 2. The van der Waals surface area contributed by atoms with Gasteiger partial charge in [0.15, 0.2) is 0 Å². The zero-order valence-electron chi connectivity index (χ0n) is 19.2. The highest BCUT2D eigenvalue weighted by Crippen LogP contribution is 2.26. The summed E-state index contributed by atoms with van der Waals surface area (Å²) in [4.78, 5) is 16.9. The smallest absolute Gasteiger partial charge is 0.320 e. The van der Waals surface area contributed by atoms with Crippen molar-refractivity contribution in [1.29, 1.82) is 0 Å². The van der Waals surface area contributed by atoms with Crippen LogP contribution in [0.5, 0.6) is 0 Å². The van der Waals surface area contributed by atoms with Crippen LogP contribution in [0, 0.1) is 0 Å². The van der Waals surface area contributed by atoms with Gasteiger partial charge in [0.25, 0.3) is 10.0 Å². The molecule has 0 bridgehead atoms. The molecule has 1 saturated heterocycles. The lowest BCUT2D eigenvalue weighted by Gasteiger charge is -2.36. The summed E-state index contributed by atoms with van der Waals surface area (Å²) in [6.07, 6.45) is 0.830. The third-order valence-corrected chi connectivity index (χ3v) is 7.51. The molecule has 0 atom stereocenters. The second-order valence-electron chi connectivity index (χ2n) is 8.72. The number of rotatable bonds is 7. The molecule has 0 radical (unpaired) electrons. The Morgan fingerprint density at radius 3 is 2.35 bits per heavy atom. The average Bonchev–Trinajstić information content (AvgIpc) is 2.81. The Hall–Kier alpha value is -3.03. The molecular formula is C26H28ClN3O3S. The summed E-state index contributed by atoms with van der Waals surface area (Å²) in [6, 6.07) is 21.2. The summed E-state index contributed by atoms with van der Waals surface area (Å²) >= 11 is 5.87. The molecule has 0 unspecified atom stereocenters. The predicted molar refractivity (Wildman–Crippen MR) is 137 cm³/mol. The van der Waals surface area contributed by atoms with Crippen molar-refractivity contribution in [2.45, 2.75) is 37.6 Å². The Morgan fingerprint density at radius 2 is 1.68 bits per heavy atom. The Kier molecular flexibility index (Phi) is 7.14. The van der Waals surface area contributed by atoms with E-state index in [1.165, 1.54) is 29.8 Å². The quantitative estimate of drug-likeness (QED) is 0.429. The molecule has 1 heterocycles. The maximum Gasteiger partial charge on any atom is 0.324 e. The highest BCUT2D eigenvalue weighted by atomic mass is 35.5. The number of hydrogen-bond donors (Lipinski definition) is 1. The Labute approximate surface area is 206 Å². The highest BCUT2D eigenvalue weighted by molar-refractivity contribution is 7.92. The lowest BCUT2D eigenvalue weighted by atomic mass is 10.0. The number of nitrogens with zero attached hydrogens (tertiary/aromatic N) is 2. The van der Waals surface area contributed by atoms with Crippen LogP contribution < -0.4 is 9.62 Å². The number of benzene rings is 3. The van der Waals surface area contributed by atoms with E-state index in [9.17, 15) is 13.2 Å². The minimum Gasteiger partial charge on any atom is -0.320 e. The monoisotopic (exact) mass is 497 g/mol. The number of sulfonamides is 1. The topological polar surface area (TPSA) is 69.7 Å². The molecule has 0 spiro atoms. The van der Waals surface area contributed by atoms with E-state index in [1.807, 2.05) is 11.0 Å². The molecular weight excluding hydrogens is 470 g/mol. The van der Waals surface area contributed by atoms with E-state index in [0.717, 1.165) is 12.0 Å². The first kappa shape index (κ1) is 24.1. The van der Waals surface area contributed by atoms with Gasteiger partial charge in [-0.15, -0.1) is 0 Å². The molecule has 1 fully saturated rings. The summed E-state index contributed by atoms with van der Waals surface area (Å²) in [6.45, 7) is 6.12. The molecule has 0 aromatic heterocycles. The highest BCUT2D eigenvalue weighted by Gasteiger charge is 2.27. The van der Waals surface area contributed by atoms with Gasteiger partial charge in [0, 0.05) is 30.3 Å². The van der Waals surface area contributed by atoms with E-state index in [-0.39, 0.29) is 10.9 Å². The number of halogens is 1. The van der Waals surface area contributed by atoms with Crippen molar-refractivity contribution >= 4 is 39.0 Å². The van der Waals surface area contributed by atoms with E-state index in [4.69, 9.17) is 11.6 Å². The Morgan fingerprint density at radius 1 is 0.971 bits per heavy atom. The van der Waals surface area contributed by atoms with E-state index in [1.54, 1.807) is 23.1 Å². The number of carbonyl (C=O) groups is 1. The standard InChI is InChI=1S/C26H28ClN3O3S/c1-19(2)21-9-7-20(8-10-21)18-29-15-4-16-30(26(29)31)24-6-3-5-23(17-24)28-34(32,33)25-13-11-22(27)12-14-25/h3,5-14,17,19,28H,4,15-16,18H2,1-2H3. The van der Waals surface area contributed by atoms with Crippen molar-refractivity contribution in [3.8, 4) is 0 Å². The van der Waals surface area contributed by atoms with Gasteiger partial charge in [-0.25, -0.2) is 13.2 Å². The van der Waals surface area contributed by atoms with Gasteiger partial charge in [-0.2, -0.15) is 0 Å². The molecule has 1 aliphatic rings. The fourth-order valence-corrected chi connectivity index (χ4v) is 5.14. The molecule has 178 valence electrons. The number of urea groups is 1. The van der Waals surface area contributed by atoms with Crippen LogP contribution >= 0.6 is 11.6 Å². The molecule has 3 aromatic rings. The minimum atomic E-state index is -3.77. The Balaban J connectivity index is 1.49. The van der Waals surface area contributed by atoms with Gasteiger partial charge < -0.3 is 4.90 Å². The first-order chi connectivity index (χ1) is 16.2. The van der Waals surface area contributed by atoms with Gasteiger partial charge in [-0.3, -0.25) is 9.62 Å². The summed E-state index contributed by atoms with van der Waals surface area (Å²) in [5.74, 6) is 0.463. The van der Waals surface area contributed by atoms with Crippen LogP contribution in [0.15, 0.2) is 77.7 Å². The number of carbonyl (C=O) groups excluding carboxylic acids is 1. The number of hydrogen-bond acceptors (Lipinski definition) is 3. The van der Waals surface area contributed by atoms with Crippen molar-refractivity contribution in [1.82, 2.24) is 4.90 Å². The molecule has 8 heteroatoms. The second-order valence-corrected chi connectivity index (χ2v) is 10.8. The van der Waals surface area contributed by atoms with Crippen molar-refractivity contribution in [2.75, 3.05) is 22.7 Å². The lowest BCUT2D eigenvalue weighted by Crippen LogP contribution is -2.49. The molecule has 1 aliphatic heterocycles. The molecule has 4 rings (SSSR count). The molecule has 3 aromatic carbocycles. The summed E-state index contributed by atoms with van der Waals surface area (Å²) < 4.78 is 28.1. The van der Waals surface area contributed by atoms with E-state index < -0.39 is 10.0 Å². The van der Waals surface area contributed by atoms with Crippen LogP contribution in [-0.4, -0.2) is 32.4 Å². The fraction of sp³-hybridized carbons (Fsp3) is 0.269. The largest absolute Gasteiger partial charge is 0.324 e. The minimum absolute atomic E-state index is 0.0862. The normalized spacial score (nSPS) is 14.5. The average molecular weight is 498 g/mol. The van der Waals surface area contributed by atoms with E-state index in [2.05, 4.69) is 42.8 Å². The van der Waals surface area contributed by atoms with Gasteiger partial charge >= 0.3 is 6.03 Å². The Bertz CT molecular complexity index is 1260. The molecule has 2 amide bonds. The first-order valence-corrected chi connectivity index (χ1v) is 13.1. The van der Waals surface area contributed by atoms with Crippen molar-refractivity contribution in [2.24, 2.45) is 0 Å². The van der Waals surface area contributed by atoms with Crippen LogP contribution in [-0.2, 0) is 16.6 Å². The van der Waals surface area contributed by atoms with Crippen molar-refractivity contribution in [3.63, 3.8) is 0 Å². The van der Waals surface area contributed by atoms with Gasteiger partial charge in [0.05, 0.1) is 10.6 Å². The fourth-order valence-electron chi connectivity index (χ4n) is 3.96. The summed E-state index contributed by atoms with van der Waals surface area (Å²) in [7, 11) is -3.77. The van der Waals surface area contributed by atoms with Gasteiger partial charge in [-0.1, -0.05) is 55.8 Å². The van der Waals surface area contributed by atoms with Crippen molar-refractivity contribution < 1.29 is 13.2 Å². The van der Waals surface area contributed by atoms with Gasteiger partial charge in [0.2, 0.25) is 0 Å². The zero-order chi connectivity index (χ0) is 24.3. The predicted octanol–water partition coefficient (Wildman–Crippen LogP) is 6.10. The SMILES string of the molecule is CC(C)c1ccc(CN2CCCN(c3cccc(NS(=O)(=O)c4ccc(Cl)cc4)c3)C2=O)cc1. The first-order valence-electron chi connectivity index (χ1n) is 11.3. The van der Waals surface area contributed by atoms with Crippen LogP contribution in [0.3, 0.4) is 0 Å². The third-order valence-electron chi connectivity index (χ3n) is 5.86. The second kappa shape index (κ2) is 10.1. The third kappa shape index (κ3) is 5.54. The van der Waals surface area contributed by atoms with Crippen LogP contribution in [0.2, 0.25) is 5.02 Å². The van der Waals surface area contributed by atoms with Crippen LogP contribution in [0.1, 0.15) is 37.3 Å². The number of nitrogens with one attached hydrogen (secondary N) is 1. The van der Waals surface area contributed by atoms with Crippen LogP contribution in [0.4, 0.5) is 16.2 Å². The number of anilines is 2. The van der Waals surface area contributed by atoms with Gasteiger partial charge in [-0.05, 0) is 65.9 Å². The summed E-state index contributed by atoms with van der Waals surface area (Å²) in [5, 5.41) is 0.463. The molecule has 1 N–H and O–H groups in total. The van der Waals surface area contributed by atoms with E-state index >= 15 is 0 Å². The van der Waals surface area contributed by atoms with Crippen molar-refractivity contribution in [3.05, 3.63) is 88.9 Å². The molecule has 0 aliphatic carbocycles. The summed E-state index contributed by atoms with van der Waals surface area (Å²) in [5.41, 5.74) is 3.40. The molecule has 34 heavy (non-hydrogen) atoms. The molecule has 6 nitrogen and oxygen atoms in total. The van der Waals surface area contributed by atoms with Crippen LogP contribution in [0.25, 0.3) is 0 Å². The van der Waals surface area contributed by atoms with Gasteiger partial charge in [0.1, 0.15) is 0 Å². The maximum atomic E-state index is 13.3. The molecule has 0 saturated carbocycles. The van der Waals surface area contributed by atoms with E-state index in [0.29, 0.717) is 41.9 Å². The zero-order valence-corrected chi connectivity index (χ0v) is 20.8.